The van der Waals surface area contributed by atoms with Gasteiger partial charge in [0.05, 0.1) is 22.1 Å². The summed E-state index contributed by atoms with van der Waals surface area (Å²) in [5.74, 6) is 0. The molecule has 0 bridgehead atoms. The van der Waals surface area contributed by atoms with Crippen LogP contribution in [0.5, 0.6) is 0 Å². The highest BCUT2D eigenvalue weighted by atomic mass is 15.0. The molecule has 0 fully saturated rings. The van der Waals surface area contributed by atoms with Crippen LogP contribution in [0.1, 0.15) is 11.1 Å². The van der Waals surface area contributed by atoms with Gasteiger partial charge in [-0.3, -0.25) is 0 Å². The molecule has 2 heteroatoms. The normalized spacial score (nSPS) is 12.1. The van der Waals surface area contributed by atoms with Gasteiger partial charge in [0, 0.05) is 32.9 Å². The minimum atomic E-state index is 0.903. The first-order valence-corrected chi connectivity index (χ1v) is 19.8. The molecule has 0 radical (unpaired) electrons. The molecule has 57 heavy (non-hydrogen) atoms. The summed E-state index contributed by atoms with van der Waals surface area (Å²) in [6.07, 6.45) is 0.903. The fourth-order valence-corrected chi connectivity index (χ4v) is 9.71. The van der Waals surface area contributed by atoms with Gasteiger partial charge in [0.1, 0.15) is 0 Å². The number of hydrogen-bond acceptors (Lipinski definition) is 0. The number of benzene rings is 9. The standard InChI is InChI=1S/C55H36N2/c1-3-14-36(15-4-1)37-28-30-38(31-29-37)42-22-12-24-44-45-25-13-23-43(49(45)35-48(42)44)39-16-11-19-41(34-39)57-51-27-10-8-21-47(51)55-53(57)33-32-52-54(55)46-20-7-9-26-50(46)56(52)40-17-5-2-6-18-40/h1-34H,35H2. The lowest BCUT2D eigenvalue weighted by Crippen LogP contribution is -1.96. The van der Waals surface area contributed by atoms with Gasteiger partial charge in [-0.25, -0.2) is 0 Å². The molecule has 2 heterocycles. The van der Waals surface area contributed by atoms with E-state index in [1.54, 1.807) is 0 Å². The maximum atomic E-state index is 2.47. The van der Waals surface area contributed by atoms with Crippen LogP contribution in [0.2, 0.25) is 0 Å². The highest BCUT2D eigenvalue weighted by molar-refractivity contribution is 6.28. The van der Waals surface area contributed by atoms with Gasteiger partial charge in [-0.1, -0.05) is 158 Å². The Hall–Kier alpha value is -7.42. The van der Waals surface area contributed by atoms with Crippen LogP contribution < -0.4 is 0 Å². The van der Waals surface area contributed by atoms with Crippen molar-refractivity contribution in [1.82, 2.24) is 9.13 Å². The highest BCUT2D eigenvalue weighted by Crippen LogP contribution is 2.47. The van der Waals surface area contributed by atoms with Crippen molar-refractivity contribution in [2.24, 2.45) is 0 Å². The van der Waals surface area contributed by atoms with Gasteiger partial charge >= 0.3 is 0 Å². The lowest BCUT2D eigenvalue weighted by Gasteiger charge is -2.13. The Morgan fingerprint density at radius 1 is 0.281 bits per heavy atom. The van der Waals surface area contributed by atoms with E-state index in [0.29, 0.717) is 0 Å². The van der Waals surface area contributed by atoms with Crippen LogP contribution in [0.4, 0.5) is 0 Å². The van der Waals surface area contributed by atoms with E-state index in [0.717, 1.165) is 12.1 Å². The summed E-state index contributed by atoms with van der Waals surface area (Å²) in [4.78, 5) is 0. The van der Waals surface area contributed by atoms with Crippen LogP contribution in [0.15, 0.2) is 206 Å². The molecule has 9 aromatic carbocycles. The Kier molecular flexibility index (Phi) is 7.02. The minimum absolute atomic E-state index is 0.903. The fourth-order valence-electron chi connectivity index (χ4n) is 9.71. The molecular formula is C55H36N2. The van der Waals surface area contributed by atoms with Gasteiger partial charge in [-0.05, 0) is 111 Å². The van der Waals surface area contributed by atoms with Crippen molar-refractivity contribution in [3.63, 3.8) is 0 Å². The van der Waals surface area contributed by atoms with E-state index in [-0.39, 0.29) is 0 Å². The molecule has 1 aliphatic rings. The highest BCUT2D eigenvalue weighted by Gasteiger charge is 2.25. The molecule has 0 saturated carbocycles. The van der Waals surface area contributed by atoms with E-state index in [4.69, 9.17) is 0 Å². The zero-order chi connectivity index (χ0) is 37.5. The van der Waals surface area contributed by atoms with Gasteiger partial charge in [-0.2, -0.15) is 0 Å². The summed E-state index contributed by atoms with van der Waals surface area (Å²) in [6.45, 7) is 0. The zero-order valence-corrected chi connectivity index (χ0v) is 31.2. The van der Waals surface area contributed by atoms with Crippen molar-refractivity contribution in [3.8, 4) is 55.9 Å². The molecule has 0 saturated heterocycles. The molecule has 0 N–H and O–H groups in total. The van der Waals surface area contributed by atoms with Gasteiger partial charge in [-0.15, -0.1) is 0 Å². The van der Waals surface area contributed by atoms with Crippen LogP contribution in [-0.4, -0.2) is 9.13 Å². The second-order valence-corrected chi connectivity index (χ2v) is 15.2. The first kappa shape index (κ1) is 31.9. The average molecular weight is 725 g/mol. The van der Waals surface area contributed by atoms with E-state index in [1.807, 2.05) is 0 Å². The summed E-state index contributed by atoms with van der Waals surface area (Å²) >= 11 is 0. The zero-order valence-electron chi connectivity index (χ0n) is 31.2. The van der Waals surface area contributed by atoms with Crippen molar-refractivity contribution in [2.75, 3.05) is 0 Å². The monoisotopic (exact) mass is 724 g/mol. The maximum absolute atomic E-state index is 2.47. The van der Waals surface area contributed by atoms with E-state index in [1.165, 1.54) is 105 Å². The predicted octanol–water partition coefficient (Wildman–Crippen LogP) is 14.5. The fraction of sp³-hybridized carbons (Fsp3) is 0.0182. The molecule has 2 nitrogen and oxygen atoms in total. The Morgan fingerprint density at radius 2 is 0.719 bits per heavy atom. The van der Waals surface area contributed by atoms with Crippen LogP contribution in [-0.2, 0) is 6.42 Å². The summed E-state index contributed by atoms with van der Waals surface area (Å²) in [5, 5.41) is 5.12. The Bertz CT molecular complexity index is 3350. The molecule has 1 aliphatic carbocycles. The Labute approximate surface area is 331 Å². The first-order valence-electron chi connectivity index (χ1n) is 19.8. The molecule has 11 aromatic rings. The van der Waals surface area contributed by atoms with E-state index < -0.39 is 0 Å². The maximum Gasteiger partial charge on any atom is 0.0548 e. The third kappa shape index (κ3) is 4.84. The molecule has 0 spiro atoms. The second-order valence-electron chi connectivity index (χ2n) is 15.2. The molecular weight excluding hydrogens is 689 g/mol. The topological polar surface area (TPSA) is 9.86 Å². The number of para-hydroxylation sites is 3. The third-order valence-corrected chi connectivity index (χ3v) is 12.2. The van der Waals surface area contributed by atoms with Crippen molar-refractivity contribution < 1.29 is 0 Å². The summed E-state index contributed by atoms with van der Waals surface area (Å²) in [7, 11) is 0. The van der Waals surface area contributed by atoms with Crippen LogP contribution in [0.3, 0.4) is 0 Å². The van der Waals surface area contributed by atoms with Gasteiger partial charge in [0.15, 0.2) is 0 Å². The number of nitrogens with zero attached hydrogens (tertiary/aromatic N) is 2. The van der Waals surface area contributed by atoms with Gasteiger partial charge in [0.2, 0.25) is 0 Å². The van der Waals surface area contributed by atoms with E-state index >= 15 is 0 Å². The van der Waals surface area contributed by atoms with E-state index in [9.17, 15) is 0 Å². The number of hydrogen-bond donors (Lipinski definition) is 0. The lowest BCUT2D eigenvalue weighted by atomic mass is 9.94. The van der Waals surface area contributed by atoms with Crippen molar-refractivity contribution >= 4 is 43.6 Å². The van der Waals surface area contributed by atoms with Crippen molar-refractivity contribution in [1.29, 1.82) is 0 Å². The molecule has 0 atom stereocenters. The molecule has 266 valence electrons. The minimum Gasteiger partial charge on any atom is -0.309 e. The van der Waals surface area contributed by atoms with Crippen LogP contribution in [0.25, 0.3) is 99.5 Å². The lowest BCUT2D eigenvalue weighted by molar-refractivity contribution is 1.17. The molecule has 12 rings (SSSR count). The molecule has 0 aliphatic heterocycles. The number of fused-ring (bicyclic) bond motifs is 10. The van der Waals surface area contributed by atoms with E-state index in [2.05, 4.69) is 215 Å². The first-order chi connectivity index (χ1) is 28.3. The SMILES string of the molecule is c1ccc(-c2ccc(-c3cccc4c3Cc3c(-c5cccc(-n6c7ccccc7c7c8c9ccccc9n(-c9ccccc9)c8ccc76)c5)cccc3-4)cc2)cc1. The van der Waals surface area contributed by atoms with Gasteiger partial charge < -0.3 is 9.13 Å². The quantitative estimate of drug-likeness (QED) is 0.167. The molecule has 2 aromatic heterocycles. The van der Waals surface area contributed by atoms with Crippen LogP contribution in [0, 0.1) is 0 Å². The Balaban J connectivity index is 0.992. The number of aromatic nitrogens is 2. The number of rotatable bonds is 5. The Morgan fingerprint density at radius 3 is 1.35 bits per heavy atom. The largest absolute Gasteiger partial charge is 0.309 e. The summed E-state index contributed by atoms with van der Waals surface area (Å²) in [5.41, 5.74) is 20.3. The average Bonchev–Trinajstić information content (AvgIpc) is 3.95. The van der Waals surface area contributed by atoms with Crippen LogP contribution >= 0.6 is 0 Å². The summed E-state index contributed by atoms with van der Waals surface area (Å²) < 4.78 is 4.88. The van der Waals surface area contributed by atoms with Crippen molar-refractivity contribution in [2.45, 2.75) is 6.42 Å². The third-order valence-electron chi connectivity index (χ3n) is 12.2. The molecule has 0 unspecified atom stereocenters. The summed E-state index contributed by atoms with van der Waals surface area (Å²) in [6, 6.07) is 75.7. The molecule has 0 amide bonds. The van der Waals surface area contributed by atoms with Gasteiger partial charge in [0.25, 0.3) is 0 Å². The van der Waals surface area contributed by atoms with Crippen molar-refractivity contribution in [3.05, 3.63) is 217 Å². The second kappa shape index (κ2) is 12.6. The predicted molar refractivity (Wildman–Crippen MR) is 240 cm³/mol. The smallest absolute Gasteiger partial charge is 0.0548 e.